The molecule has 0 bridgehead atoms. The van der Waals surface area contributed by atoms with Gasteiger partial charge in [-0.1, -0.05) is 67.6 Å². The van der Waals surface area contributed by atoms with Crippen LogP contribution in [0.15, 0.2) is 65.5 Å². The maximum atomic E-state index is 12.1. The Balaban J connectivity index is 2.34. The van der Waals surface area contributed by atoms with Gasteiger partial charge in [0.25, 0.3) is 5.56 Å². The summed E-state index contributed by atoms with van der Waals surface area (Å²) in [5, 5.41) is 6.92. The Bertz CT molecular complexity index is 792. The van der Waals surface area contributed by atoms with Crippen LogP contribution in [0, 0.1) is 0 Å². The Morgan fingerprint density at radius 1 is 0.905 bits per heavy atom. The molecule has 3 aromatic rings. The lowest BCUT2D eigenvalue weighted by Crippen LogP contribution is -2.16. The number of hydrogen-bond donors (Lipinski definition) is 1. The van der Waals surface area contributed by atoms with Crippen molar-refractivity contribution in [3.05, 3.63) is 76.6 Å². The second kappa shape index (κ2) is 5.75. The van der Waals surface area contributed by atoms with Crippen molar-refractivity contribution in [1.82, 2.24) is 10.2 Å². The predicted molar refractivity (Wildman–Crippen MR) is 85.1 cm³/mol. The predicted octanol–water partition coefficient (Wildman–Crippen LogP) is 3.67. The first kappa shape index (κ1) is 13.3. The molecule has 0 saturated heterocycles. The van der Waals surface area contributed by atoms with Gasteiger partial charge < -0.3 is 0 Å². The number of nitrogens with one attached hydrogen (secondary N) is 1. The molecule has 0 aliphatic carbocycles. The summed E-state index contributed by atoms with van der Waals surface area (Å²) >= 11 is 0. The maximum Gasteiger partial charge on any atom is 0.268 e. The highest BCUT2D eigenvalue weighted by atomic mass is 16.1. The van der Waals surface area contributed by atoms with E-state index in [-0.39, 0.29) is 5.56 Å². The Labute approximate surface area is 123 Å². The lowest BCUT2D eigenvalue weighted by atomic mass is 9.95. The molecule has 0 unspecified atom stereocenters. The zero-order chi connectivity index (χ0) is 14.7. The number of hydrogen-bond acceptors (Lipinski definition) is 2. The van der Waals surface area contributed by atoms with Crippen molar-refractivity contribution in [3.8, 4) is 22.4 Å². The van der Waals surface area contributed by atoms with E-state index in [4.69, 9.17) is 0 Å². The first-order valence-electron chi connectivity index (χ1n) is 7.03. The summed E-state index contributed by atoms with van der Waals surface area (Å²) < 4.78 is 0. The molecule has 0 spiro atoms. The number of rotatable bonds is 3. The Hall–Kier alpha value is -2.68. The van der Waals surface area contributed by atoms with Gasteiger partial charge in [-0.15, -0.1) is 0 Å². The van der Waals surface area contributed by atoms with Crippen LogP contribution < -0.4 is 5.56 Å². The molecular weight excluding hydrogens is 260 g/mol. The SMILES string of the molecule is CCc1c(-c2ccccc2)c(-c2ccccc2)n[nH]c1=O. The lowest BCUT2D eigenvalue weighted by Gasteiger charge is -2.12. The van der Waals surface area contributed by atoms with Crippen LogP contribution in [-0.2, 0) is 6.42 Å². The van der Waals surface area contributed by atoms with Crippen molar-refractivity contribution in [2.24, 2.45) is 0 Å². The first-order chi connectivity index (χ1) is 10.3. The average Bonchev–Trinajstić information content (AvgIpc) is 2.56. The standard InChI is InChI=1S/C18H16N2O/c1-2-15-16(13-9-5-3-6-10-13)17(19-20-18(15)21)14-11-7-4-8-12-14/h3-12H,2H2,1H3,(H,20,21). The summed E-state index contributed by atoms with van der Waals surface area (Å²) in [5.74, 6) is 0. The van der Waals surface area contributed by atoms with Gasteiger partial charge >= 0.3 is 0 Å². The highest BCUT2D eigenvalue weighted by molar-refractivity contribution is 5.82. The van der Waals surface area contributed by atoms with E-state index < -0.39 is 0 Å². The molecule has 3 heteroatoms. The van der Waals surface area contributed by atoms with E-state index in [1.54, 1.807) is 0 Å². The Kier molecular flexibility index (Phi) is 3.65. The van der Waals surface area contributed by atoms with Crippen molar-refractivity contribution < 1.29 is 0 Å². The minimum Gasteiger partial charge on any atom is -0.268 e. The van der Waals surface area contributed by atoms with Crippen LogP contribution in [0.5, 0.6) is 0 Å². The summed E-state index contributed by atoms with van der Waals surface area (Å²) in [6.07, 6.45) is 0.669. The quantitative estimate of drug-likeness (QED) is 0.793. The molecule has 2 aromatic carbocycles. The summed E-state index contributed by atoms with van der Waals surface area (Å²) in [5.41, 5.74) is 4.42. The van der Waals surface area contributed by atoms with Crippen molar-refractivity contribution in [2.45, 2.75) is 13.3 Å². The zero-order valence-electron chi connectivity index (χ0n) is 11.8. The molecule has 3 nitrogen and oxygen atoms in total. The second-order valence-corrected chi connectivity index (χ2v) is 4.84. The van der Waals surface area contributed by atoms with Crippen LogP contribution >= 0.6 is 0 Å². The summed E-state index contributed by atoms with van der Waals surface area (Å²) in [6, 6.07) is 19.9. The minimum atomic E-state index is -0.115. The van der Waals surface area contributed by atoms with E-state index in [1.165, 1.54) is 0 Å². The molecule has 104 valence electrons. The Morgan fingerprint density at radius 2 is 1.48 bits per heavy atom. The molecule has 0 aliphatic heterocycles. The minimum absolute atomic E-state index is 0.115. The topological polar surface area (TPSA) is 45.8 Å². The molecule has 0 aliphatic rings. The molecule has 3 rings (SSSR count). The number of aromatic amines is 1. The highest BCUT2D eigenvalue weighted by Gasteiger charge is 2.15. The first-order valence-corrected chi connectivity index (χ1v) is 7.03. The second-order valence-electron chi connectivity index (χ2n) is 4.84. The fraction of sp³-hybridized carbons (Fsp3) is 0.111. The van der Waals surface area contributed by atoms with Crippen LogP contribution in [0.1, 0.15) is 12.5 Å². The molecule has 0 radical (unpaired) electrons. The average molecular weight is 276 g/mol. The fourth-order valence-corrected chi connectivity index (χ4v) is 2.54. The smallest absolute Gasteiger partial charge is 0.268 e. The summed E-state index contributed by atoms with van der Waals surface area (Å²) in [7, 11) is 0. The normalized spacial score (nSPS) is 10.5. The summed E-state index contributed by atoms with van der Waals surface area (Å²) in [6.45, 7) is 1.99. The van der Waals surface area contributed by atoms with Gasteiger partial charge in [-0.05, 0) is 12.0 Å². The van der Waals surface area contributed by atoms with Gasteiger partial charge in [0.05, 0.1) is 5.69 Å². The third-order valence-electron chi connectivity index (χ3n) is 3.55. The van der Waals surface area contributed by atoms with E-state index in [2.05, 4.69) is 10.2 Å². The lowest BCUT2D eigenvalue weighted by molar-refractivity contribution is 0.948. The monoisotopic (exact) mass is 276 g/mol. The van der Waals surface area contributed by atoms with Gasteiger partial charge in [-0.2, -0.15) is 5.10 Å². The number of nitrogens with zero attached hydrogens (tertiary/aromatic N) is 1. The van der Waals surface area contributed by atoms with Gasteiger partial charge in [-0.25, -0.2) is 5.10 Å². The van der Waals surface area contributed by atoms with Crippen molar-refractivity contribution >= 4 is 0 Å². The molecular formula is C18H16N2O. The molecule has 0 atom stereocenters. The van der Waals surface area contributed by atoms with Crippen molar-refractivity contribution in [3.63, 3.8) is 0 Å². The molecule has 1 N–H and O–H groups in total. The van der Waals surface area contributed by atoms with Gasteiger partial charge in [0.2, 0.25) is 0 Å². The maximum absolute atomic E-state index is 12.1. The number of aromatic nitrogens is 2. The van der Waals surface area contributed by atoms with E-state index in [9.17, 15) is 4.79 Å². The molecule has 0 fully saturated rings. The van der Waals surface area contributed by atoms with Crippen LogP contribution in [0.2, 0.25) is 0 Å². The van der Waals surface area contributed by atoms with E-state index in [1.807, 2.05) is 67.6 Å². The van der Waals surface area contributed by atoms with Crippen LogP contribution in [0.4, 0.5) is 0 Å². The fourth-order valence-electron chi connectivity index (χ4n) is 2.54. The van der Waals surface area contributed by atoms with Crippen molar-refractivity contribution in [2.75, 3.05) is 0 Å². The third kappa shape index (κ3) is 2.50. The van der Waals surface area contributed by atoms with Gasteiger partial charge in [0, 0.05) is 16.7 Å². The Morgan fingerprint density at radius 3 is 2.05 bits per heavy atom. The van der Waals surface area contributed by atoms with Gasteiger partial charge in [0.15, 0.2) is 0 Å². The van der Waals surface area contributed by atoms with Crippen LogP contribution in [-0.4, -0.2) is 10.2 Å². The highest BCUT2D eigenvalue weighted by Crippen LogP contribution is 2.31. The molecule has 0 amide bonds. The molecule has 0 saturated carbocycles. The van der Waals surface area contributed by atoms with Gasteiger partial charge in [-0.3, -0.25) is 4.79 Å². The summed E-state index contributed by atoms with van der Waals surface area (Å²) in [4.78, 5) is 12.1. The zero-order valence-corrected chi connectivity index (χ0v) is 11.8. The van der Waals surface area contributed by atoms with Crippen molar-refractivity contribution in [1.29, 1.82) is 0 Å². The third-order valence-corrected chi connectivity index (χ3v) is 3.55. The van der Waals surface area contributed by atoms with Crippen LogP contribution in [0.25, 0.3) is 22.4 Å². The molecule has 1 heterocycles. The van der Waals surface area contributed by atoms with E-state index in [0.29, 0.717) is 6.42 Å². The van der Waals surface area contributed by atoms with Crippen LogP contribution in [0.3, 0.4) is 0 Å². The number of benzene rings is 2. The number of H-pyrrole nitrogens is 1. The molecule has 21 heavy (non-hydrogen) atoms. The largest absolute Gasteiger partial charge is 0.268 e. The molecule has 1 aromatic heterocycles. The van der Waals surface area contributed by atoms with Gasteiger partial charge in [0.1, 0.15) is 0 Å². The van der Waals surface area contributed by atoms with E-state index in [0.717, 1.165) is 27.9 Å². The van der Waals surface area contributed by atoms with E-state index >= 15 is 0 Å².